The molecule has 3 aliphatic rings. The molecule has 1 N–H and O–H groups in total. The lowest BCUT2D eigenvalue weighted by atomic mass is 9.84. The molecule has 0 aromatic heterocycles. The number of hydrogen-bond acceptors (Lipinski definition) is 5. The fourth-order valence-corrected chi connectivity index (χ4v) is 6.22. The van der Waals surface area contributed by atoms with Crippen LogP contribution in [0.1, 0.15) is 56.1 Å². The fourth-order valence-electron chi connectivity index (χ4n) is 6.22. The van der Waals surface area contributed by atoms with Gasteiger partial charge in [-0.25, -0.2) is 9.59 Å². The first kappa shape index (κ1) is 32.0. The largest absolute Gasteiger partial charge is 0.480 e. The molecular weight excluding hydrogens is 589 g/mol. The summed E-state index contributed by atoms with van der Waals surface area (Å²) in [6.07, 6.45) is -19.3. The van der Waals surface area contributed by atoms with Gasteiger partial charge in [-0.15, -0.1) is 0 Å². The minimum absolute atomic E-state index is 0.0527. The van der Waals surface area contributed by atoms with Gasteiger partial charge in [0, 0.05) is 37.4 Å². The van der Waals surface area contributed by atoms with Gasteiger partial charge in [-0.3, -0.25) is 4.90 Å². The van der Waals surface area contributed by atoms with Crippen molar-refractivity contribution in [3.05, 3.63) is 29.3 Å². The van der Waals surface area contributed by atoms with Gasteiger partial charge in [-0.05, 0) is 75.3 Å². The normalized spacial score (nSPS) is 22.2. The van der Waals surface area contributed by atoms with Crippen LogP contribution in [0.4, 0.5) is 50.0 Å². The number of piperidine rings is 2. The van der Waals surface area contributed by atoms with Crippen LogP contribution >= 0.6 is 0 Å². The standard InChI is InChI=1S/C26H30F9N3O4/c27-24(28,29)17-12-16(13-18(14-17)38-9-2-1-4-19(38)20(39)40)15-37-8-3-5-23(37)6-10-36(11-7-23)22(41)42-21(25(30,31)32)26(33,34)35/h12-14,19,21H,1-11,15H2,(H,39,40)/t19-/m1/s1. The van der Waals surface area contributed by atoms with E-state index < -0.39 is 53.8 Å². The summed E-state index contributed by atoms with van der Waals surface area (Å²) >= 11 is 0. The zero-order valence-corrected chi connectivity index (χ0v) is 22.3. The Kier molecular flexibility index (Phi) is 8.87. The number of carbonyl (C=O) groups excluding carboxylic acids is 1. The molecule has 236 valence electrons. The highest BCUT2D eigenvalue weighted by Crippen LogP contribution is 2.42. The summed E-state index contributed by atoms with van der Waals surface area (Å²) in [5.41, 5.74) is -1.13. The molecule has 0 bridgehead atoms. The van der Waals surface area contributed by atoms with Crippen LogP contribution in [0, 0.1) is 0 Å². The summed E-state index contributed by atoms with van der Waals surface area (Å²) in [7, 11) is 0. The highest BCUT2D eigenvalue weighted by molar-refractivity contribution is 5.78. The molecular formula is C26H30F9N3O4. The lowest BCUT2D eigenvalue weighted by Crippen LogP contribution is -2.54. The van der Waals surface area contributed by atoms with Crippen LogP contribution < -0.4 is 4.90 Å². The van der Waals surface area contributed by atoms with Crippen molar-refractivity contribution in [3.8, 4) is 0 Å². The quantitative estimate of drug-likeness (QED) is 0.396. The first-order valence-electron chi connectivity index (χ1n) is 13.5. The Labute approximate surface area is 235 Å². The van der Waals surface area contributed by atoms with Gasteiger partial charge in [0.25, 0.3) is 6.10 Å². The summed E-state index contributed by atoms with van der Waals surface area (Å²) in [5.74, 6) is -1.13. The maximum atomic E-state index is 13.9. The van der Waals surface area contributed by atoms with Crippen LogP contribution in [-0.4, -0.2) is 83.2 Å². The SMILES string of the molecule is O=C(O)[C@H]1CCCCN1c1cc(CN2CCCC23CCN(C(=O)OC(C(F)(F)F)C(F)(F)F)CC3)cc(C(F)(F)F)c1. The number of likely N-dealkylation sites (tertiary alicyclic amines) is 2. The van der Waals surface area contributed by atoms with Crippen LogP contribution in [0.15, 0.2) is 18.2 Å². The molecule has 1 aromatic carbocycles. The number of rotatable bonds is 5. The number of amides is 1. The Morgan fingerprint density at radius 2 is 1.52 bits per heavy atom. The van der Waals surface area contributed by atoms with E-state index in [1.54, 1.807) is 0 Å². The predicted octanol–water partition coefficient (Wildman–Crippen LogP) is 6.21. The Bertz CT molecular complexity index is 1130. The number of anilines is 1. The van der Waals surface area contributed by atoms with Crippen LogP contribution in [-0.2, 0) is 22.3 Å². The van der Waals surface area contributed by atoms with Gasteiger partial charge in [0.05, 0.1) is 5.56 Å². The van der Waals surface area contributed by atoms with E-state index in [9.17, 15) is 54.2 Å². The molecule has 1 spiro atoms. The Hall–Kier alpha value is -2.91. The molecule has 42 heavy (non-hydrogen) atoms. The monoisotopic (exact) mass is 619 g/mol. The second-order valence-corrected chi connectivity index (χ2v) is 11.0. The minimum Gasteiger partial charge on any atom is -0.480 e. The van der Waals surface area contributed by atoms with Crippen molar-refractivity contribution in [2.24, 2.45) is 0 Å². The molecule has 0 radical (unpaired) electrons. The molecule has 3 fully saturated rings. The summed E-state index contributed by atoms with van der Waals surface area (Å²) in [6, 6.07) is 2.50. The number of carboxylic acid groups (broad SMARTS) is 1. The summed E-state index contributed by atoms with van der Waals surface area (Å²) < 4.78 is 122. The number of carboxylic acids is 1. The van der Waals surface area contributed by atoms with Crippen molar-refractivity contribution in [3.63, 3.8) is 0 Å². The van der Waals surface area contributed by atoms with E-state index in [0.717, 1.165) is 17.0 Å². The zero-order valence-electron chi connectivity index (χ0n) is 22.3. The summed E-state index contributed by atoms with van der Waals surface area (Å²) in [4.78, 5) is 28.2. The maximum Gasteiger partial charge on any atom is 0.434 e. The lowest BCUT2D eigenvalue weighted by molar-refractivity contribution is -0.308. The fraction of sp³-hybridized carbons (Fsp3) is 0.692. The van der Waals surface area contributed by atoms with Crippen molar-refractivity contribution in [1.29, 1.82) is 0 Å². The topological polar surface area (TPSA) is 73.3 Å². The van der Waals surface area contributed by atoms with Crippen LogP contribution in [0.25, 0.3) is 0 Å². The van der Waals surface area contributed by atoms with Gasteiger partial charge < -0.3 is 19.6 Å². The van der Waals surface area contributed by atoms with E-state index in [-0.39, 0.29) is 50.3 Å². The Morgan fingerprint density at radius 1 is 0.881 bits per heavy atom. The molecule has 0 unspecified atom stereocenters. The third-order valence-corrected chi connectivity index (χ3v) is 8.30. The summed E-state index contributed by atoms with van der Waals surface area (Å²) in [5, 5.41) is 9.63. The molecule has 1 amide bonds. The molecule has 1 aromatic rings. The lowest BCUT2D eigenvalue weighted by Gasteiger charge is -2.45. The first-order valence-corrected chi connectivity index (χ1v) is 13.5. The highest BCUT2D eigenvalue weighted by Gasteiger charge is 2.60. The molecule has 3 saturated heterocycles. The van der Waals surface area contributed by atoms with Crippen LogP contribution in [0.2, 0.25) is 0 Å². The van der Waals surface area contributed by atoms with Crippen molar-refractivity contribution in [2.45, 2.75) is 87.7 Å². The highest BCUT2D eigenvalue weighted by atomic mass is 19.4. The van der Waals surface area contributed by atoms with E-state index in [2.05, 4.69) is 4.74 Å². The van der Waals surface area contributed by atoms with Crippen molar-refractivity contribution in [2.75, 3.05) is 31.1 Å². The average Bonchev–Trinajstić information content (AvgIpc) is 3.26. The van der Waals surface area contributed by atoms with Gasteiger partial charge in [-0.1, -0.05) is 0 Å². The van der Waals surface area contributed by atoms with Crippen molar-refractivity contribution >= 4 is 17.7 Å². The number of alkyl halides is 9. The molecule has 3 heterocycles. The number of nitrogens with zero attached hydrogens (tertiary/aromatic N) is 3. The molecule has 1 atom stereocenters. The number of ether oxygens (including phenoxy) is 1. The smallest absolute Gasteiger partial charge is 0.434 e. The number of carbonyl (C=O) groups is 2. The molecule has 4 rings (SSSR count). The summed E-state index contributed by atoms with van der Waals surface area (Å²) in [6.45, 7) is 0.416. The molecule has 3 aliphatic heterocycles. The number of hydrogen-bond donors (Lipinski definition) is 1. The first-order chi connectivity index (χ1) is 19.4. The Morgan fingerprint density at radius 3 is 2.10 bits per heavy atom. The molecule has 16 heteroatoms. The maximum absolute atomic E-state index is 13.9. The van der Waals surface area contributed by atoms with Crippen molar-refractivity contribution in [1.82, 2.24) is 9.80 Å². The zero-order chi connectivity index (χ0) is 31.1. The second-order valence-electron chi connectivity index (χ2n) is 11.0. The van der Waals surface area contributed by atoms with Gasteiger partial charge in [0.15, 0.2) is 0 Å². The van der Waals surface area contributed by atoms with Gasteiger partial charge in [-0.2, -0.15) is 39.5 Å². The van der Waals surface area contributed by atoms with Gasteiger partial charge >= 0.3 is 30.6 Å². The number of benzene rings is 1. The average molecular weight is 620 g/mol. The van der Waals surface area contributed by atoms with Crippen LogP contribution in [0.5, 0.6) is 0 Å². The van der Waals surface area contributed by atoms with E-state index in [4.69, 9.17) is 0 Å². The Balaban J connectivity index is 1.50. The van der Waals surface area contributed by atoms with Crippen molar-refractivity contribution < 1.29 is 58.9 Å². The van der Waals surface area contributed by atoms with E-state index in [1.807, 2.05) is 4.90 Å². The van der Waals surface area contributed by atoms with Crippen LogP contribution in [0.3, 0.4) is 0 Å². The minimum atomic E-state index is -5.84. The number of aliphatic carboxylic acids is 1. The van der Waals surface area contributed by atoms with E-state index in [0.29, 0.717) is 38.6 Å². The number of halogens is 9. The van der Waals surface area contributed by atoms with Gasteiger partial charge in [0.1, 0.15) is 6.04 Å². The predicted molar refractivity (Wildman–Crippen MR) is 130 cm³/mol. The molecule has 7 nitrogen and oxygen atoms in total. The van der Waals surface area contributed by atoms with E-state index in [1.165, 1.54) is 11.0 Å². The third kappa shape index (κ3) is 7.00. The third-order valence-electron chi connectivity index (χ3n) is 8.30. The van der Waals surface area contributed by atoms with E-state index >= 15 is 0 Å². The molecule has 0 aliphatic carbocycles. The van der Waals surface area contributed by atoms with Gasteiger partial charge in [0.2, 0.25) is 0 Å². The molecule has 0 saturated carbocycles. The second kappa shape index (κ2) is 11.6.